The van der Waals surface area contributed by atoms with Gasteiger partial charge < -0.3 is 20.4 Å². The van der Waals surface area contributed by atoms with Crippen LogP contribution in [0.25, 0.3) is 16.6 Å². The van der Waals surface area contributed by atoms with E-state index in [0.29, 0.717) is 25.6 Å². The number of carbonyl (C=O) groups is 1. The lowest BCUT2D eigenvalue weighted by Gasteiger charge is -2.36. The molecule has 0 spiro atoms. The van der Waals surface area contributed by atoms with Crippen molar-refractivity contribution in [2.75, 3.05) is 49.5 Å². The highest BCUT2D eigenvalue weighted by Crippen LogP contribution is 2.36. The third kappa shape index (κ3) is 4.87. The van der Waals surface area contributed by atoms with Gasteiger partial charge in [0.15, 0.2) is 0 Å². The standard InChI is InChI=1S/C26H33FN6O/c1-18(2)28-9-10-29-21-5-3-19(4-6-21)20-15-25-24(7-8-30-33(25)17-20)31-11-13-32(14-12-31)26(34)22-16-23(22)27/h3-8,15,17-18,22-23,28-29H,9-14,16H2,1-2H3/t22-,23-/m1/s1. The number of aromatic nitrogens is 2. The van der Waals surface area contributed by atoms with Gasteiger partial charge in [-0.2, -0.15) is 5.10 Å². The summed E-state index contributed by atoms with van der Waals surface area (Å²) in [7, 11) is 0. The number of hydrogen-bond acceptors (Lipinski definition) is 5. The minimum Gasteiger partial charge on any atom is -0.384 e. The van der Waals surface area contributed by atoms with Gasteiger partial charge in [0.05, 0.1) is 17.1 Å². The van der Waals surface area contributed by atoms with Gasteiger partial charge in [0.1, 0.15) is 6.17 Å². The predicted octanol–water partition coefficient (Wildman–Crippen LogP) is 3.42. The molecule has 2 aromatic heterocycles. The Balaban J connectivity index is 1.25. The third-order valence-electron chi connectivity index (χ3n) is 6.67. The van der Waals surface area contributed by atoms with Gasteiger partial charge in [0.2, 0.25) is 5.91 Å². The van der Waals surface area contributed by atoms with E-state index < -0.39 is 12.1 Å². The molecule has 2 atom stereocenters. The number of alkyl halides is 1. The van der Waals surface area contributed by atoms with Crippen molar-refractivity contribution in [2.24, 2.45) is 5.92 Å². The Kier molecular flexibility index (Phi) is 6.41. The minimum absolute atomic E-state index is 0.0221. The van der Waals surface area contributed by atoms with Crippen molar-refractivity contribution >= 4 is 22.8 Å². The topological polar surface area (TPSA) is 64.9 Å². The van der Waals surface area contributed by atoms with Gasteiger partial charge in [0, 0.05) is 69.0 Å². The van der Waals surface area contributed by atoms with E-state index in [9.17, 15) is 9.18 Å². The fourth-order valence-corrected chi connectivity index (χ4v) is 4.60. The van der Waals surface area contributed by atoms with Crippen LogP contribution in [0.5, 0.6) is 0 Å². The first kappa shape index (κ1) is 22.7. The predicted molar refractivity (Wildman–Crippen MR) is 134 cm³/mol. The SMILES string of the molecule is CC(C)NCCNc1ccc(-c2cc3c(N4CCN(C(=O)[C@@H]5C[C@H]5F)CC4)ccnn3c2)cc1. The second-order valence-corrected chi connectivity index (χ2v) is 9.56. The van der Waals surface area contributed by atoms with Gasteiger partial charge in [-0.3, -0.25) is 4.79 Å². The number of piperazine rings is 1. The van der Waals surface area contributed by atoms with Crippen LogP contribution < -0.4 is 15.5 Å². The van der Waals surface area contributed by atoms with E-state index in [0.717, 1.165) is 54.2 Å². The average Bonchev–Trinajstić information content (AvgIpc) is 3.42. The molecule has 1 aromatic carbocycles. The first-order chi connectivity index (χ1) is 16.5. The van der Waals surface area contributed by atoms with E-state index >= 15 is 0 Å². The number of nitrogens with one attached hydrogen (secondary N) is 2. The molecule has 3 aromatic rings. The molecule has 2 aliphatic rings. The smallest absolute Gasteiger partial charge is 0.228 e. The third-order valence-corrected chi connectivity index (χ3v) is 6.67. The monoisotopic (exact) mass is 464 g/mol. The normalized spacial score (nSPS) is 20.2. The van der Waals surface area contributed by atoms with Gasteiger partial charge in [-0.05, 0) is 36.2 Å². The van der Waals surface area contributed by atoms with Crippen LogP contribution >= 0.6 is 0 Å². The lowest BCUT2D eigenvalue weighted by Crippen LogP contribution is -2.49. The number of rotatable bonds is 8. The summed E-state index contributed by atoms with van der Waals surface area (Å²) in [5.41, 5.74) is 5.52. The summed E-state index contributed by atoms with van der Waals surface area (Å²) in [5.74, 6) is -0.420. The Morgan fingerprint density at radius 2 is 1.82 bits per heavy atom. The molecular weight excluding hydrogens is 431 g/mol. The molecule has 0 bridgehead atoms. The van der Waals surface area contributed by atoms with Gasteiger partial charge in [0.25, 0.3) is 0 Å². The van der Waals surface area contributed by atoms with Crippen molar-refractivity contribution in [1.82, 2.24) is 19.8 Å². The first-order valence-electron chi connectivity index (χ1n) is 12.2. The van der Waals surface area contributed by atoms with Crippen molar-refractivity contribution < 1.29 is 9.18 Å². The largest absolute Gasteiger partial charge is 0.384 e. The Morgan fingerprint density at radius 1 is 1.09 bits per heavy atom. The Morgan fingerprint density at radius 3 is 2.50 bits per heavy atom. The lowest BCUT2D eigenvalue weighted by atomic mass is 10.1. The number of benzene rings is 1. The average molecular weight is 465 g/mol. The number of carbonyl (C=O) groups excluding carboxylic acids is 1. The van der Waals surface area contributed by atoms with E-state index in [2.05, 4.69) is 71.0 Å². The van der Waals surface area contributed by atoms with Crippen LogP contribution in [-0.4, -0.2) is 71.9 Å². The maximum Gasteiger partial charge on any atom is 0.228 e. The Hall–Kier alpha value is -3.13. The Labute approximate surface area is 199 Å². The lowest BCUT2D eigenvalue weighted by molar-refractivity contribution is -0.133. The Bertz CT molecular complexity index is 1140. The van der Waals surface area contributed by atoms with Crippen molar-refractivity contribution in [3.05, 3.63) is 48.8 Å². The summed E-state index contributed by atoms with van der Waals surface area (Å²) in [6.45, 7) is 8.84. The van der Waals surface area contributed by atoms with E-state index in [4.69, 9.17) is 0 Å². The van der Waals surface area contributed by atoms with Crippen LogP contribution in [0.3, 0.4) is 0 Å². The van der Waals surface area contributed by atoms with E-state index in [1.54, 1.807) is 0 Å². The van der Waals surface area contributed by atoms with Gasteiger partial charge in [-0.25, -0.2) is 8.91 Å². The van der Waals surface area contributed by atoms with Crippen LogP contribution in [0.15, 0.2) is 48.8 Å². The molecule has 2 fully saturated rings. The molecule has 34 heavy (non-hydrogen) atoms. The molecule has 7 nitrogen and oxygen atoms in total. The van der Waals surface area contributed by atoms with Crippen LogP contribution in [0.4, 0.5) is 15.8 Å². The molecule has 3 heterocycles. The summed E-state index contributed by atoms with van der Waals surface area (Å²) in [4.78, 5) is 16.5. The quantitative estimate of drug-likeness (QED) is 0.500. The van der Waals surface area contributed by atoms with E-state index in [1.807, 2.05) is 21.7 Å². The van der Waals surface area contributed by atoms with Gasteiger partial charge >= 0.3 is 0 Å². The zero-order valence-electron chi connectivity index (χ0n) is 19.9. The fraction of sp³-hybridized carbons (Fsp3) is 0.462. The molecule has 180 valence electrons. The molecule has 1 aliphatic carbocycles. The molecular formula is C26H33FN6O. The summed E-state index contributed by atoms with van der Waals surface area (Å²) in [6.07, 6.45) is 3.33. The van der Waals surface area contributed by atoms with Crippen molar-refractivity contribution in [1.29, 1.82) is 0 Å². The number of amides is 1. The molecule has 0 unspecified atom stereocenters. The zero-order chi connectivity index (χ0) is 23.7. The highest BCUT2D eigenvalue weighted by Gasteiger charge is 2.46. The van der Waals surface area contributed by atoms with Gasteiger partial charge in [-0.15, -0.1) is 0 Å². The van der Waals surface area contributed by atoms with Crippen LogP contribution in [0.1, 0.15) is 20.3 Å². The number of hydrogen-bond donors (Lipinski definition) is 2. The van der Waals surface area contributed by atoms with Crippen LogP contribution in [0.2, 0.25) is 0 Å². The summed E-state index contributed by atoms with van der Waals surface area (Å²) >= 11 is 0. The molecule has 2 N–H and O–H groups in total. The molecule has 1 aliphatic heterocycles. The highest BCUT2D eigenvalue weighted by molar-refractivity contribution is 5.83. The molecule has 5 rings (SSSR count). The van der Waals surface area contributed by atoms with Crippen molar-refractivity contribution in [3.8, 4) is 11.1 Å². The number of fused-ring (bicyclic) bond motifs is 1. The molecule has 1 saturated carbocycles. The number of anilines is 2. The molecule has 1 saturated heterocycles. The molecule has 0 radical (unpaired) electrons. The van der Waals surface area contributed by atoms with Crippen LogP contribution in [-0.2, 0) is 4.79 Å². The maximum atomic E-state index is 13.3. The van der Waals surface area contributed by atoms with Crippen molar-refractivity contribution in [2.45, 2.75) is 32.5 Å². The second-order valence-electron chi connectivity index (χ2n) is 9.56. The van der Waals surface area contributed by atoms with E-state index in [1.165, 1.54) is 0 Å². The second kappa shape index (κ2) is 9.62. The summed E-state index contributed by atoms with van der Waals surface area (Å²) in [6, 6.07) is 13.2. The maximum absolute atomic E-state index is 13.3. The fourth-order valence-electron chi connectivity index (χ4n) is 4.60. The molecule has 8 heteroatoms. The van der Waals surface area contributed by atoms with Crippen molar-refractivity contribution in [3.63, 3.8) is 0 Å². The summed E-state index contributed by atoms with van der Waals surface area (Å²) < 4.78 is 15.2. The number of nitrogens with zero attached hydrogens (tertiary/aromatic N) is 4. The zero-order valence-corrected chi connectivity index (χ0v) is 19.9. The van der Waals surface area contributed by atoms with Crippen LogP contribution in [0, 0.1) is 5.92 Å². The first-order valence-corrected chi connectivity index (χ1v) is 12.2. The van der Waals surface area contributed by atoms with E-state index in [-0.39, 0.29) is 5.91 Å². The highest BCUT2D eigenvalue weighted by atomic mass is 19.1. The summed E-state index contributed by atoms with van der Waals surface area (Å²) in [5, 5.41) is 11.4. The minimum atomic E-state index is -0.934. The molecule has 1 amide bonds. The van der Waals surface area contributed by atoms with Gasteiger partial charge in [-0.1, -0.05) is 26.0 Å². The number of halogens is 1.